The molecule has 0 saturated carbocycles. The molecule has 2 aromatic rings. The largest absolute Gasteiger partial charge is 0.493 e. The molecule has 0 aromatic heterocycles. The van der Waals surface area contributed by atoms with Gasteiger partial charge >= 0.3 is 0 Å². The van der Waals surface area contributed by atoms with Crippen molar-refractivity contribution in [3.05, 3.63) is 63.6 Å². The highest BCUT2D eigenvalue weighted by molar-refractivity contribution is 9.10. The van der Waals surface area contributed by atoms with Gasteiger partial charge in [0.1, 0.15) is 5.75 Å². The quantitative estimate of drug-likeness (QED) is 0.736. The third-order valence-electron chi connectivity index (χ3n) is 2.94. The number of carbonyl (C=O) groups excluding carboxylic acids is 1. The Balaban J connectivity index is 2.21. The second-order valence-electron chi connectivity index (χ2n) is 4.39. The van der Waals surface area contributed by atoms with Gasteiger partial charge in [0, 0.05) is 12.0 Å². The maximum atomic E-state index is 13.6. The Kier molecular flexibility index (Phi) is 5.07. The summed E-state index contributed by atoms with van der Waals surface area (Å²) in [6.45, 7) is 2.37. The molecule has 0 fully saturated rings. The maximum absolute atomic E-state index is 13.6. The summed E-state index contributed by atoms with van der Waals surface area (Å²) in [5, 5.41) is 0. The molecule has 2 aromatic carbocycles. The lowest BCUT2D eigenvalue weighted by molar-refractivity contribution is 0.0991. The van der Waals surface area contributed by atoms with Crippen molar-refractivity contribution >= 4 is 21.7 Å². The van der Waals surface area contributed by atoms with Crippen molar-refractivity contribution in [1.29, 1.82) is 0 Å². The van der Waals surface area contributed by atoms with Crippen molar-refractivity contribution < 1.29 is 18.3 Å². The summed E-state index contributed by atoms with van der Waals surface area (Å²) in [6, 6.07) is 8.70. The molecule has 0 aliphatic rings. The second kappa shape index (κ2) is 6.80. The van der Waals surface area contributed by atoms with E-state index in [9.17, 15) is 13.6 Å². The Labute approximate surface area is 129 Å². The van der Waals surface area contributed by atoms with Crippen molar-refractivity contribution in [2.45, 2.75) is 13.3 Å². The molecule has 0 amide bonds. The second-order valence-corrected chi connectivity index (χ2v) is 5.25. The number of ketones is 1. The van der Waals surface area contributed by atoms with Crippen LogP contribution in [0.4, 0.5) is 8.78 Å². The average molecular weight is 355 g/mol. The number of ether oxygens (including phenoxy) is 1. The van der Waals surface area contributed by atoms with E-state index in [0.29, 0.717) is 22.4 Å². The van der Waals surface area contributed by atoms with Gasteiger partial charge in [-0.05, 0) is 52.7 Å². The van der Waals surface area contributed by atoms with Crippen LogP contribution < -0.4 is 4.74 Å². The minimum Gasteiger partial charge on any atom is -0.493 e. The van der Waals surface area contributed by atoms with E-state index in [-0.39, 0.29) is 17.8 Å². The molecule has 0 radical (unpaired) electrons. The summed E-state index contributed by atoms with van der Waals surface area (Å²) >= 11 is 3.32. The molecule has 0 unspecified atom stereocenters. The van der Waals surface area contributed by atoms with Gasteiger partial charge in [-0.25, -0.2) is 8.78 Å². The molecule has 0 heterocycles. The van der Waals surface area contributed by atoms with Crippen LogP contribution in [0.2, 0.25) is 0 Å². The van der Waals surface area contributed by atoms with Gasteiger partial charge < -0.3 is 4.74 Å². The van der Waals surface area contributed by atoms with E-state index in [1.54, 1.807) is 18.2 Å². The predicted octanol–water partition coefficient (Wildman–Crippen LogP) is 4.55. The van der Waals surface area contributed by atoms with Crippen LogP contribution in [0.3, 0.4) is 0 Å². The molecule has 0 spiro atoms. The standard InChI is InChI=1S/C16H13BrF2O2/c1-2-21-15-7-6-10(8-12(15)17)14(20)9-11-4-3-5-13(18)16(11)19/h3-8H,2,9H2,1H3. The maximum Gasteiger partial charge on any atom is 0.167 e. The Bertz CT molecular complexity index is 671. The predicted molar refractivity (Wildman–Crippen MR) is 79.7 cm³/mol. The Hall–Kier alpha value is -1.75. The van der Waals surface area contributed by atoms with Crippen LogP contribution in [-0.2, 0) is 6.42 Å². The first-order valence-corrected chi connectivity index (χ1v) is 7.20. The highest BCUT2D eigenvalue weighted by Gasteiger charge is 2.14. The summed E-state index contributed by atoms with van der Waals surface area (Å²) in [7, 11) is 0. The Morgan fingerprint density at radius 1 is 1.24 bits per heavy atom. The van der Waals surface area contributed by atoms with E-state index >= 15 is 0 Å². The molecular formula is C16H13BrF2O2. The van der Waals surface area contributed by atoms with Crippen LogP contribution in [-0.4, -0.2) is 12.4 Å². The number of benzene rings is 2. The fraction of sp³-hybridized carbons (Fsp3) is 0.188. The molecule has 21 heavy (non-hydrogen) atoms. The fourth-order valence-electron chi connectivity index (χ4n) is 1.91. The number of carbonyl (C=O) groups is 1. The lowest BCUT2D eigenvalue weighted by Crippen LogP contribution is -2.06. The van der Waals surface area contributed by atoms with Crippen molar-refractivity contribution in [2.24, 2.45) is 0 Å². The Morgan fingerprint density at radius 3 is 2.67 bits per heavy atom. The summed E-state index contributed by atoms with van der Waals surface area (Å²) in [5.74, 6) is -1.58. The zero-order chi connectivity index (χ0) is 15.4. The SMILES string of the molecule is CCOc1ccc(C(=O)Cc2cccc(F)c2F)cc1Br. The first-order chi connectivity index (χ1) is 10.0. The van der Waals surface area contributed by atoms with Crippen molar-refractivity contribution in [2.75, 3.05) is 6.61 Å². The molecule has 110 valence electrons. The third-order valence-corrected chi connectivity index (χ3v) is 3.56. The van der Waals surface area contributed by atoms with Crippen LogP contribution in [0.5, 0.6) is 5.75 Å². The smallest absolute Gasteiger partial charge is 0.167 e. The van der Waals surface area contributed by atoms with Gasteiger partial charge in [0.05, 0.1) is 11.1 Å². The summed E-state index contributed by atoms with van der Waals surface area (Å²) in [4.78, 5) is 12.1. The van der Waals surface area contributed by atoms with Crippen LogP contribution in [0.1, 0.15) is 22.8 Å². The minimum atomic E-state index is -0.976. The van der Waals surface area contributed by atoms with Crippen molar-refractivity contribution in [1.82, 2.24) is 0 Å². The monoisotopic (exact) mass is 354 g/mol. The number of hydrogen-bond donors (Lipinski definition) is 0. The van der Waals surface area contributed by atoms with Gasteiger partial charge in [0.25, 0.3) is 0 Å². The molecule has 5 heteroatoms. The molecular weight excluding hydrogens is 342 g/mol. The number of halogens is 3. The van der Waals surface area contributed by atoms with Gasteiger partial charge in [0.2, 0.25) is 0 Å². The summed E-state index contributed by atoms with van der Waals surface area (Å²) in [5.41, 5.74) is 0.457. The lowest BCUT2D eigenvalue weighted by Gasteiger charge is -2.08. The van der Waals surface area contributed by atoms with Crippen LogP contribution in [0.25, 0.3) is 0 Å². The number of hydrogen-bond acceptors (Lipinski definition) is 2. The number of Topliss-reactive ketones (excluding diaryl/α,β-unsaturated/α-hetero) is 1. The molecule has 0 N–H and O–H groups in total. The molecule has 0 bridgehead atoms. The van der Waals surface area contributed by atoms with E-state index in [0.717, 1.165) is 6.07 Å². The van der Waals surface area contributed by atoms with E-state index in [2.05, 4.69) is 15.9 Å². The Morgan fingerprint density at radius 2 is 2.00 bits per heavy atom. The van der Waals surface area contributed by atoms with E-state index in [1.807, 2.05) is 6.92 Å². The molecule has 0 aliphatic heterocycles. The average Bonchev–Trinajstić information content (AvgIpc) is 2.46. The molecule has 0 aliphatic carbocycles. The summed E-state index contributed by atoms with van der Waals surface area (Å²) < 4.78 is 32.7. The van der Waals surface area contributed by atoms with Crippen LogP contribution >= 0.6 is 15.9 Å². The zero-order valence-electron chi connectivity index (χ0n) is 11.3. The van der Waals surface area contributed by atoms with E-state index < -0.39 is 11.6 Å². The van der Waals surface area contributed by atoms with Gasteiger partial charge in [-0.15, -0.1) is 0 Å². The fourth-order valence-corrected chi connectivity index (χ4v) is 2.40. The molecule has 2 rings (SSSR count). The normalized spacial score (nSPS) is 10.5. The molecule has 2 nitrogen and oxygen atoms in total. The third kappa shape index (κ3) is 3.67. The van der Waals surface area contributed by atoms with Crippen LogP contribution in [0, 0.1) is 11.6 Å². The van der Waals surface area contributed by atoms with E-state index in [4.69, 9.17) is 4.74 Å². The van der Waals surface area contributed by atoms with Crippen molar-refractivity contribution in [3.63, 3.8) is 0 Å². The van der Waals surface area contributed by atoms with Gasteiger partial charge in [0.15, 0.2) is 17.4 Å². The number of rotatable bonds is 5. The van der Waals surface area contributed by atoms with E-state index in [1.165, 1.54) is 12.1 Å². The van der Waals surface area contributed by atoms with Crippen molar-refractivity contribution in [3.8, 4) is 5.75 Å². The first kappa shape index (κ1) is 15.6. The first-order valence-electron chi connectivity index (χ1n) is 6.41. The van der Waals surface area contributed by atoms with Gasteiger partial charge in [-0.3, -0.25) is 4.79 Å². The molecule has 0 atom stereocenters. The highest BCUT2D eigenvalue weighted by atomic mass is 79.9. The minimum absolute atomic E-state index is 0.0463. The highest BCUT2D eigenvalue weighted by Crippen LogP contribution is 2.26. The topological polar surface area (TPSA) is 26.3 Å². The van der Waals surface area contributed by atoms with Gasteiger partial charge in [-0.2, -0.15) is 0 Å². The lowest BCUT2D eigenvalue weighted by atomic mass is 10.0. The summed E-state index contributed by atoms with van der Waals surface area (Å²) in [6.07, 6.45) is -0.190. The molecule has 0 saturated heterocycles. The van der Waals surface area contributed by atoms with Crippen LogP contribution in [0.15, 0.2) is 40.9 Å². The van der Waals surface area contributed by atoms with Gasteiger partial charge in [-0.1, -0.05) is 12.1 Å². The zero-order valence-corrected chi connectivity index (χ0v) is 12.9.